The minimum atomic E-state index is -3.49. The lowest BCUT2D eigenvalue weighted by Crippen LogP contribution is -2.38. The Kier molecular flexibility index (Phi) is 5.00. The van der Waals surface area contributed by atoms with Crippen molar-refractivity contribution >= 4 is 15.9 Å². The van der Waals surface area contributed by atoms with Gasteiger partial charge in [-0.1, -0.05) is 19.3 Å². The normalized spacial score (nSPS) is 16.9. The topological polar surface area (TPSA) is 66.5 Å². The van der Waals surface area contributed by atoms with Gasteiger partial charge in [-0.2, -0.15) is 4.31 Å². The van der Waals surface area contributed by atoms with Crippen molar-refractivity contribution in [1.29, 1.82) is 0 Å². The zero-order valence-electron chi connectivity index (χ0n) is 12.5. The maximum absolute atomic E-state index is 12.6. The maximum Gasteiger partial charge on any atom is 0.251 e. The van der Waals surface area contributed by atoms with Crippen LogP contribution in [0.1, 0.15) is 42.5 Å². The third-order valence-corrected chi connectivity index (χ3v) is 6.03. The Hall–Kier alpha value is -1.40. The van der Waals surface area contributed by atoms with Crippen LogP contribution in [0.15, 0.2) is 29.2 Å². The molecule has 1 aliphatic carbocycles. The van der Waals surface area contributed by atoms with Crippen molar-refractivity contribution in [3.05, 3.63) is 29.8 Å². The summed E-state index contributed by atoms with van der Waals surface area (Å²) >= 11 is 0. The number of sulfonamides is 1. The van der Waals surface area contributed by atoms with E-state index in [0.29, 0.717) is 5.56 Å². The number of nitrogens with one attached hydrogen (secondary N) is 1. The van der Waals surface area contributed by atoms with Gasteiger partial charge in [0.05, 0.1) is 4.90 Å². The molecule has 1 aromatic rings. The summed E-state index contributed by atoms with van der Waals surface area (Å²) < 4.78 is 26.7. The van der Waals surface area contributed by atoms with Crippen LogP contribution in [0.25, 0.3) is 0 Å². The van der Waals surface area contributed by atoms with Gasteiger partial charge in [0.1, 0.15) is 0 Å². The zero-order chi connectivity index (χ0) is 15.5. The molecular formula is C15H22N2O3S. The van der Waals surface area contributed by atoms with Gasteiger partial charge in [-0.05, 0) is 37.1 Å². The van der Waals surface area contributed by atoms with E-state index in [4.69, 9.17) is 0 Å². The number of carbonyl (C=O) groups excluding carboxylic acids is 1. The Balaban J connectivity index is 2.20. The van der Waals surface area contributed by atoms with Crippen LogP contribution in [0.4, 0.5) is 0 Å². The minimum absolute atomic E-state index is 0.0855. The first kappa shape index (κ1) is 16.0. The molecule has 0 aromatic heterocycles. The van der Waals surface area contributed by atoms with Crippen LogP contribution in [-0.2, 0) is 10.0 Å². The Morgan fingerprint density at radius 1 is 1.14 bits per heavy atom. The fourth-order valence-corrected chi connectivity index (χ4v) is 4.15. The number of benzene rings is 1. The van der Waals surface area contributed by atoms with E-state index >= 15 is 0 Å². The van der Waals surface area contributed by atoms with Crippen LogP contribution in [0.2, 0.25) is 0 Å². The summed E-state index contributed by atoms with van der Waals surface area (Å²) in [5.41, 5.74) is 0.455. The van der Waals surface area contributed by atoms with Gasteiger partial charge in [-0.3, -0.25) is 4.79 Å². The Bertz CT molecular complexity index is 590. The first-order chi connectivity index (χ1) is 9.96. The lowest BCUT2D eigenvalue weighted by atomic mass is 9.96. The van der Waals surface area contributed by atoms with Crippen LogP contribution in [-0.4, -0.2) is 38.8 Å². The van der Waals surface area contributed by atoms with E-state index < -0.39 is 10.0 Å². The van der Waals surface area contributed by atoms with E-state index in [2.05, 4.69) is 5.32 Å². The van der Waals surface area contributed by atoms with Gasteiger partial charge in [0.25, 0.3) is 5.91 Å². The summed E-state index contributed by atoms with van der Waals surface area (Å²) in [7, 11) is -0.290. The van der Waals surface area contributed by atoms with Crippen LogP contribution < -0.4 is 5.32 Å². The number of rotatable bonds is 4. The standard InChI is InChI=1S/C15H22N2O3S/c1-16-15(18)12-8-10-14(11-9-12)21(19,20)17(2)13-6-4-3-5-7-13/h8-11,13H,3-7H2,1-2H3,(H,16,18). The molecule has 0 saturated heterocycles. The predicted octanol–water partition coefficient (Wildman–Crippen LogP) is 2.00. The molecule has 21 heavy (non-hydrogen) atoms. The lowest BCUT2D eigenvalue weighted by molar-refractivity contribution is 0.0963. The van der Waals surface area contributed by atoms with Crippen LogP contribution in [0, 0.1) is 0 Å². The summed E-state index contributed by atoms with van der Waals surface area (Å²) in [6, 6.07) is 6.17. The molecule has 1 N–H and O–H groups in total. The molecule has 6 heteroatoms. The molecule has 116 valence electrons. The second-order valence-corrected chi connectivity index (χ2v) is 7.41. The van der Waals surface area contributed by atoms with Gasteiger partial charge < -0.3 is 5.32 Å². The Labute approximate surface area is 126 Å². The number of amides is 1. The molecule has 1 amide bonds. The highest BCUT2D eigenvalue weighted by Crippen LogP contribution is 2.26. The minimum Gasteiger partial charge on any atom is -0.355 e. The van der Waals surface area contributed by atoms with Gasteiger partial charge >= 0.3 is 0 Å². The van der Waals surface area contributed by atoms with Gasteiger partial charge in [0, 0.05) is 25.7 Å². The quantitative estimate of drug-likeness (QED) is 0.925. The third kappa shape index (κ3) is 3.44. The van der Waals surface area contributed by atoms with E-state index in [0.717, 1.165) is 25.7 Å². The summed E-state index contributed by atoms with van der Waals surface area (Å²) in [6.45, 7) is 0. The smallest absolute Gasteiger partial charge is 0.251 e. The van der Waals surface area contributed by atoms with Crippen LogP contribution in [0.5, 0.6) is 0 Å². The fourth-order valence-electron chi connectivity index (χ4n) is 2.73. The molecule has 1 aromatic carbocycles. The molecule has 2 rings (SSSR count). The Morgan fingerprint density at radius 2 is 1.71 bits per heavy atom. The van der Waals surface area contributed by atoms with Crippen molar-refractivity contribution in [3.8, 4) is 0 Å². The zero-order valence-corrected chi connectivity index (χ0v) is 13.3. The average Bonchev–Trinajstić information content (AvgIpc) is 2.54. The van der Waals surface area contributed by atoms with Crippen molar-refractivity contribution in [3.63, 3.8) is 0 Å². The monoisotopic (exact) mass is 310 g/mol. The van der Waals surface area contributed by atoms with Crippen molar-refractivity contribution in [2.75, 3.05) is 14.1 Å². The predicted molar refractivity (Wildman–Crippen MR) is 81.7 cm³/mol. The average molecular weight is 310 g/mol. The first-order valence-corrected chi connectivity index (χ1v) is 8.71. The summed E-state index contributed by atoms with van der Waals surface area (Å²) in [4.78, 5) is 11.7. The van der Waals surface area contributed by atoms with E-state index in [1.54, 1.807) is 26.2 Å². The molecule has 0 radical (unpaired) electrons. The van der Waals surface area contributed by atoms with Crippen molar-refractivity contribution in [1.82, 2.24) is 9.62 Å². The fraction of sp³-hybridized carbons (Fsp3) is 0.533. The van der Waals surface area contributed by atoms with E-state index in [9.17, 15) is 13.2 Å². The second-order valence-electron chi connectivity index (χ2n) is 5.42. The van der Waals surface area contributed by atoms with E-state index in [1.807, 2.05) is 0 Å². The molecule has 0 atom stereocenters. The van der Waals surface area contributed by atoms with Crippen molar-refractivity contribution in [2.24, 2.45) is 0 Å². The summed E-state index contributed by atoms with van der Waals surface area (Å²) in [5, 5.41) is 2.52. The molecule has 0 unspecified atom stereocenters. The lowest BCUT2D eigenvalue weighted by Gasteiger charge is -2.30. The molecular weight excluding hydrogens is 288 g/mol. The van der Waals surface area contributed by atoms with E-state index in [-0.39, 0.29) is 16.8 Å². The molecule has 5 nitrogen and oxygen atoms in total. The number of hydrogen-bond acceptors (Lipinski definition) is 3. The second kappa shape index (κ2) is 6.58. The van der Waals surface area contributed by atoms with Crippen LogP contribution in [0.3, 0.4) is 0 Å². The summed E-state index contributed by atoms with van der Waals surface area (Å²) in [5.74, 6) is -0.223. The highest BCUT2D eigenvalue weighted by Gasteiger charge is 2.28. The molecule has 1 aliphatic rings. The Morgan fingerprint density at radius 3 is 2.24 bits per heavy atom. The SMILES string of the molecule is CNC(=O)c1ccc(S(=O)(=O)N(C)C2CCCCC2)cc1. The third-order valence-electron chi connectivity index (χ3n) is 4.11. The van der Waals surface area contributed by atoms with Crippen LogP contribution >= 0.6 is 0 Å². The molecule has 0 aliphatic heterocycles. The number of carbonyl (C=O) groups is 1. The van der Waals surface area contributed by atoms with Crippen molar-refractivity contribution < 1.29 is 13.2 Å². The number of hydrogen-bond donors (Lipinski definition) is 1. The maximum atomic E-state index is 12.6. The molecule has 1 fully saturated rings. The highest BCUT2D eigenvalue weighted by molar-refractivity contribution is 7.89. The number of nitrogens with zero attached hydrogens (tertiary/aromatic N) is 1. The van der Waals surface area contributed by atoms with E-state index in [1.165, 1.54) is 22.9 Å². The molecule has 0 spiro atoms. The highest BCUT2D eigenvalue weighted by atomic mass is 32.2. The van der Waals surface area contributed by atoms with Gasteiger partial charge in [-0.15, -0.1) is 0 Å². The molecule has 0 heterocycles. The summed E-state index contributed by atoms with van der Waals surface area (Å²) in [6.07, 6.45) is 5.20. The van der Waals surface area contributed by atoms with Gasteiger partial charge in [0.15, 0.2) is 0 Å². The largest absolute Gasteiger partial charge is 0.355 e. The molecule has 1 saturated carbocycles. The van der Waals surface area contributed by atoms with Gasteiger partial charge in [-0.25, -0.2) is 8.42 Å². The first-order valence-electron chi connectivity index (χ1n) is 7.27. The van der Waals surface area contributed by atoms with Crippen molar-refractivity contribution in [2.45, 2.75) is 43.0 Å². The van der Waals surface area contributed by atoms with Gasteiger partial charge in [0.2, 0.25) is 10.0 Å². The molecule has 0 bridgehead atoms.